The standard InChI is InChI=1S/C32H12BF24.C17H15FN/c34-25(35,36)13-1-14(26(37,38)39)6-21(5-13)33(22-7-15(27(40,41)42)2-16(8-22)28(43,44)45,23-9-17(29(46,47)48)3-18(10-23)30(49,50)51)24-11-19(31(52,53)54)4-20(12-24)32(55,56)57;18-12-17-16-9-5-4-8-15(16)10-11-19(17)13-14-6-2-1-3-7-14/h1-12H;1-11H,12-13H2/q-1;+1. The van der Waals surface area contributed by atoms with Gasteiger partial charge in [0.25, 0.3) is 0 Å². The van der Waals surface area contributed by atoms with Crippen LogP contribution in [0.15, 0.2) is 140 Å². The van der Waals surface area contributed by atoms with Crippen molar-refractivity contribution in [3.63, 3.8) is 0 Å². The van der Waals surface area contributed by atoms with Crippen molar-refractivity contribution in [1.29, 1.82) is 0 Å². The molecule has 0 fully saturated rings. The van der Waals surface area contributed by atoms with Gasteiger partial charge in [-0.25, -0.2) is 4.39 Å². The van der Waals surface area contributed by atoms with Crippen LogP contribution in [-0.4, -0.2) is 6.15 Å². The average molecular weight is 1120 g/mol. The Bertz CT molecular complexity index is 2770. The number of benzene rings is 6. The normalized spacial score (nSPS) is 13.4. The molecule has 1 aromatic heterocycles. The Hall–Kier alpha value is -6.96. The van der Waals surface area contributed by atoms with Crippen LogP contribution in [0.2, 0.25) is 0 Å². The predicted molar refractivity (Wildman–Crippen MR) is 225 cm³/mol. The molecule has 1 nitrogen and oxygen atoms in total. The van der Waals surface area contributed by atoms with Crippen LogP contribution in [0.3, 0.4) is 0 Å². The number of pyridine rings is 1. The van der Waals surface area contributed by atoms with Crippen molar-refractivity contribution < 1.29 is 114 Å². The zero-order valence-corrected chi connectivity index (χ0v) is 37.2. The van der Waals surface area contributed by atoms with E-state index in [2.05, 4.69) is 12.1 Å². The molecule has 0 N–H and O–H groups in total. The third-order valence-corrected chi connectivity index (χ3v) is 11.8. The van der Waals surface area contributed by atoms with Crippen molar-refractivity contribution in [2.24, 2.45) is 0 Å². The van der Waals surface area contributed by atoms with E-state index in [1.54, 1.807) is 0 Å². The summed E-state index contributed by atoms with van der Waals surface area (Å²) < 4.78 is 356. The van der Waals surface area contributed by atoms with Gasteiger partial charge >= 0.3 is 49.4 Å². The van der Waals surface area contributed by atoms with Gasteiger partial charge in [-0.15, -0.1) is 0 Å². The van der Waals surface area contributed by atoms with Crippen molar-refractivity contribution in [1.82, 2.24) is 0 Å². The molecule has 0 aliphatic heterocycles. The van der Waals surface area contributed by atoms with Crippen molar-refractivity contribution >= 4 is 38.8 Å². The van der Waals surface area contributed by atoms with E-state index in [0.29, 0.717) is 6.54 Å². The SMILES string of the molecule is FC(F)(F)c1cc([B-](c2cc(C(F)(F)F)cc(C(F)(F)F)c2)(c2cc(C(F)(F)F)cc(C(F)(F)F)c2)c2cc(C(F)(F)F)cc(C(F)(F)F)c2)cc(C(F)(F)F)c1.FCc1c2ccccc2cc[n+]1Cc1ccccc1. The Morgan fingerprint density at radius 1 is 0.316 bits per heavy atom. The fourth-order valence-corrected chi connectivity index (χ4v) is 8.47. The van der Waals surface area contributed by atoms with E-state index in [9.17, 15) is 110 Å². The topological polar surface area (TPSA) is 3.88 Å². The van der Waals surface area contributed by atoms with Gasteiger partial charge in [-0.3, -0.25) is 0 Å². The summed E-state index contributed by atoms with van der Waals surface area (Å²) in [6.07, 6.45) is -52.8. The van der Waals surface area contributed by atoms with E-state index in [1.165, 1.54) is 5.56 Å². The maximum Gasteiger partial charge on any atom is 0.416 e. The van der Waals surface area contributed by atoms with Crippen molar-refractivity contribution in [2.45, 2.75) is 62.6 Å². The molecule has 0 bridgehead atoms. The molecule has 0 amide bonds. The molecule has 76 heavy (non-hydrogen) atoms. The van der Waals surface area contributed by atoms with Crippen LogP contribution in [-0.2, 0) is 62.6 Å². The first-order valence-electron chi connectivity index (χ1n) is 21.0. The summed E-state index contributed by atoms with van der Waals surface area (Å²) in [5, 5.41) is 2.07. The highest BCUT2D eigenvalue weighted by Gasteiger charge is 2.47. The van der Waals surface area contributed by atoms with Gasteiger partial charge in [0, 0.05) is 11.6 Å². The van der Waals surface area contributed by atoms with E-state index < -0.39 is 201 Å². The van der Waals surface area contributed by atoms with Crippen LogP contribution in [0, 0.1) is 0 Å². The maximum atomic E-state index is 14.2. The highest BCUT2D eigenvalue weighted by molar-refractivity contribution is 7.20. The Balaban J connectivity index is 0.000000408. The van der Waals surface area contributed by atoms with E-state index in [0.717, 1.165) is 16.5 Å². The summed E-state index contributed by atoms with van der Waals surface area (Å²) in [6, 6.07) is 11.3. The van der Waals surface area contributed by atoms with Crippen molar-refractivity contribution in [3.8, 4) is 0 Å². The van der Waals surface area contributed by atoms with Gasteiger partial charge in [-0.05, 0) is 35.7 Å². The lowest BCUT2D eigenvalue weighted by Gasteiger charge is -2.46. The smallest absolute Gasteiger partial charge is 0.239 e. The van der Waals surface area contributed by atoms with Gasteiger partial charge in [0.15, 0.2) is 19.4 Å². The Morgan fingerprint density at radius 3 is 0.842 bits per heavy atom. The molecule has 0 radical (unpaired) electrons. The zero-order chi connectivity index (χ0) is 57.0. The number of rotatable bonds is 7. The number of nitrogens with zero attached hydrogens (tertiary/aromatic N) is 1. The summed E-state index contributed by atoms with van der Waals surface area (Å²) in [5.74, 6) is 0. The summed E-state index contributed by atoms with van der Waals surface area (Å²) in [7, 11) is 0. The van der Waals surface area contributed by atoms with E-state index in [1.807, 2.05) is 59.3 Å². The van der Waals surface area contributed by atoms with Crippen LogP contribution in [0.4, 0.5) is 110 Å². The van der Waals surface area contributed by atoms with Crippen LogP contribution in [0.25, 0.3) is 10.8 Å². The molecule has 27 heteroatoms. The lowest BCUT2D eigenvalue weighted by Crippen LogP contribution is -2.75. The zero-order valence-electron chi connectivity index (χ0n) is 37.2. The molecule has 6 aromatic carbocycles. The highest BCUT2D eigenvalue weighted by atomic mass is 19.4. The first kappa shape index (κ1) is 58.3. The monoisotopic (exact) mass is 1120 g/mol. The van der Waals surface area contributed by atoms with Crippen LogP contribution in [0.1, 0.15) is 55.8 Å². The minimum Gasteiger partial charge on any atom is -0.239 e. The molecule has 0 aliphatic rings. The maximum absolute atomic E-state index is 14.2. The lowest BCUT2D eigenvalue weighted by atomic mass is 9.12. The fourth-order valence-electron chi connectivity index (χ4n) is 8.47. The molecule has 7 rings (SSSR count). The molecule has 0 saturated carbocycles. The molecule has 0 saturated heterocycles. The molecule has 7 aromatic rings. The average Bonchev–Trinajstić information content (AvgIpc) is 3.30. The van der Waals surface area contributed by atoms with Gasteiger partial charge in [-0.1, -0.05) is 97.1 Å². The molecular weight excluding hydrogens is 1090 g/mol. The summed E-state index contributed by atoms with van der Waals surface area (Å²) in [6.45, 7) is 0.249. The van der Waals surface area contributed by atoms with E-state index in [4.69, 9.17) is 0 Å². The third kappa shape index (κ3) is 12.8. The molecule has 0 unspecified atom stereocenters. The number of fused-ring (bicyclic) bond motifs is 1. The Labute approximate surface area is 410 Å². The largest absolute Gasteiger partial charge is 0.416 e. The van der Waals surface area contributed by atoms with E-state index in [-0.39, 0.29) is 0 Å². The minimum atomic E-state index is -6.13. The van der Waals surface area contributed by atoms with Gasteiger partial charge in [0.2, 0.25) is 5.69 Å². The summed E-state index contributed by atoms with van der Waals surface area (Å²) in [5.41, 5.74) is -28.3. The van der Waals surface area contributed by atoms with Crippen LogP contribution < -0.4 is 26.4 Å². The second kappa shape index (κ2) is 20.2. The molecule has 0 atom stereocenters. The summed E-state index contributed by atoms with van der Waals surface area (Å²) in [4.78, 5) is 0. The van der Waals surface area contributed by atoms with Gasteiger partial charge in [0.1, 0.15) is 6.15 Å². The number of aromatic nitrogens is 1. The molecule has 0 spiro atoms. The number of halogens is 25. The highest BCUT2D eigenvalue weighted by Crippen LogP contribution is 2.41. The quantitative estimate of drug-likeness (QED) is 0.0851. The molecule has 1 heterocycles. The van der Waals surface area contributed by atoms with E-state index >= 15 is 0 Å². The number of alkyl halides is 25. The third-order valence-electron chi connectivity index (χ3n) is 11.8. The predicted octanol–water partition coefficient (Wildman–Crippen LogP) is 14.9. The lowest BCUT2D eigenvalue weighted by molar-refractivity contribution is -0.695. The second-order valence-electron chi connectivity index (χ2n) is 16.8. The Kier molecular flexibility index (Phi) is 15.5. The molecule has 406 valence electrons. The first-order chi connectivity index (χ1) is 34.6. The van der Waals surface area contributed by atoms with Crippen LogP contribution >= 0.6 is 0 Å². The first-order valence-corrected chi connectivity index (χ1v) is 21.0. The second-order valence-corrected chi connectivity index (χ2v) is 16.8. The minimum absolute atomic E-state index is 0.450. The fraction of sp³-hybridized carbons (Fsp3) is 0.204. The van der Waals surface area contributed by atoms with Gasteiger partial charge in [-0.2, -0.15) is 132 Å². The molecular formula is C49H27BF25N. The van der Waals surface area contributed by atoms with Gasteiger partial charge in [0.05, 0.1) is 49.9 Å². The summed E-state index contributed by atoms with van der Waals surface area (Å²) >= 11 is 0. The van der Waals surface area contributed by atoms with Crippen molar-refractivity contribution in [3.05, 3.63) is 195 Å². The van der Waals surface area contributed by atoms with Crippen molar-refractivity contribution in [2.75, 3.05) is 0 Å². The molecule has 0 aliphatic carbocycles. The number of hydrogen-bond acceptors (Lipinski definition) is 0. The van der Waals surface area contributed by atoms with Gasteiger partial charge < -0.3 is 0 Å². The van der Waals surface area contributed by atoms with Crippen LogP contribution in [0.5, 0.6) is 0 Å². The Morgan fingerprint density at radius 2 is 0.579 bits per heavy atom. The number of hydrogen-bond donors (Lipinski definition) is 0.